The van der Waals surface area contributed by atoms with Crippen LogP contribution in [0.2, 0.25) is 10.0 Å². The molecule has 1 N–H and O–H groups in total. The fourth-order valence-electron chi connectivity index (χ4n) is 3.69. The van der Waals surface area contributed by atoms with Crippen LogP contribution in [-0.4, -0.2) is 44.3 Å². The van der Waals surface area contributed by atoms with E-state index in [1.165, 1.54) is 23.1 Å². The number of sulfonamides is 1. The summed E-state index contributed by atoms with van der Waals surface area (Å²) in [6.07, 6.45) is 0.735. The number of nitrogens with zero attached hydrogens (tertiary/aromatic N) is 2. The van der Waals surface area contributed by atoms with Gasteiger partial charge in [-0.25, -0.2) is 8.42 Å². The molecule has 0 bridgehead atoms. The Kier molecular flexibility index (Phi) is 9.97. The van der Waals surface area contributed by atoms with E-state index in [1.807, 2.05) is 6.92 Å². The number of benzene rings is 3. The molecule has 0 aliphatic heterocycles. The predicted octanol–water partition coefficient (Wildman–Crippen LogP) is 5.13. The van der Waals surface area contributed by atoms with Crippen molar-refractivity contribution in [1.82, 2.24) is 10.2 Å². The van der Waals surface area contributed by atoms with Crippen LogP contribution in [0.25, 0.3) is 0 Å². The molecule has 0 fully saturated rings. The molecule has 3 rings (SSSR count). The number of amides is 2. The second kappa shape index (κ2) is 12.9. The molecule has 0 aliphatic carbocycles. The summed E-state index contributed by atoms with van der Waals surface area (Å²) in [6.45, 7) is 3.53. The number of anilines is 1. The van der Waals surface area contributed by atoms with Gasteiger partial charge in [0.1, 0.15) is 12.6 Å². The largest absolute Gasteiger partial charge is 0.354 e. The molecule has 0 unspecified atom stereocenters. The summed E-state index contributed by atoms with van der Waals surface area (Å²) in [5.41, 5.74) is 0.937. The van der Waals surface area contributed by atoms with Crippen LogP contribution in [0.3, 0.4) is 0 Å². The molecule has 0 heterocycles. The Balaban J connectivity index is 2.01. The maximum absolute atomic E-state index is 13.8. The number of hydrogen-bond donors (Lipinski definition) is 1. The van der Waals surface area contributed by atoms with Gasteiger partial charge in [-0.15, -0.1) is 0 Å². The number of hydrogen-bond acceptors (Lipinski definition) is 4. The van der Waals surface area contributed by atoms with Crippen molar-refractivity contribution in [1.29, 1.82) is 0 Å². The van der Waals surface area contributed by atoms with E-state index in [9.17, 15) is 18.0 Å². The highest BCUT2D eigenvalue weighted by Gasteiger charge is 2.32. The van der Waals surface area contributed by atoms with Crippen LogP contribution in [-0.2, 0) is 26.2 Å². The van der Waals surface area contributed by atoms with Gasteiger partial charge < -0.3 is 10.2 Å². The van der Waals surface area contributed by atoms with Crippen molar-refractivity contribution in [3.05, 3.63) is 94.5 Å². The molecule has 0 saturated heterocycles. The Bertz CT molecular complexity index is 1340. The van der Waals surface area contributed by atoms with Crippen molar-refractivity contribution in [2.75, 3.05) is 17.4 Å². The van der Waals surface area contributed by atoms with Gasteiger partial charge in [-0.3, -0.25) is 13.9 Å². The van der Waals surface area contributed by atoms with Gasteiger partial charge in [-0.2, -0.15) is 0 Å². The van der Waals surface area contributed by atoms with Crippen LogP contribution in [0.5, 0.6) is 0 Å². The van der Waals surface area contributed by atoms with E-state index < -0.39 is 28.5 Å². The normalized spacial score (nSPS) is 12.0. The molecule has 37 heavy (non-hydrogen) atoms. The molecular formula is C27H29Cl2N3O4S. The molecular weight excluding hydrogens is 533 g/mol. The second-order valence-electron chi connectivity index (χ2n) is 8.42. The molecule has 0 radical (unpaired) electrons. The Labute approximate surface area is 228 Å². The molecule has 0 spiro atoms. The minimum atomic E-state index is -4.13. The first kappa shape index (κ1) is 28.5. The van der Waals surface area contributed by atoms with Crippen molar-refractivity contribution in [2.45, 2.75) is 37.8 Å². The second-order valence-corrected chi connectivity index (χ2v) is 11.2. The lowest BCUT2D eigenvalue weighted by Gasteiger charge is -2.32. The highest BCUT2D eigenvalue weighted by atomic mass is 35.5. The summed E-state index contributed by atoms with van der Waals surface area (Å²) in [7, 11) is -4.13. The topological polar surface area (TPSA) is 86.8 Å². The Morgan fingerprint density at radius 1 is 0.919 bits per heavy atom. The fourth-order valence-corrected chi connectivity index (χ4v) is 5.51. The lowest BCUT2D eigenvalue weighted by Crippen LogP contribution is -2.51. The van der Waals surface area contributed by atoms with Gasteiger partial charge in [-0.05, 0) is 61.4 Å². The summed E-state index contributed by atoms with van der Waals surface area (Å²) >= 11 is 12.3. The summed E-state index contributed by atoms with van der Waals surface area (Å²) in [6, 6.07) is 20.2. The van der Waals surface area contributed by atoms with Gasteiger partial charge >= 0.3 is 0 Å². The Morgan fingerprint density at radius 3 is 2.19 bits per heavy atom. The SMILES string of the molecule is CCCNC(=O)[C@H](C)N(Cc1cccc(Cl)c1)C(=O)CN(c1cccc(Cl)c1)S(=O)(=O)c1ccccc1. The van der Waals surface area contributed by atoms with Gasteiger partial charge in [0.2, 0.25) is 11.8 Å². The van der Waals surface area contributed by atoms with Crippen LogP contribution >= 0.6 is 23.2 Å². The van der Waals surface area contributed by atoms with Crippen LogP contribution in [0.15, 0.2) is 83.8 Å². The van der Waals surface area contributed by atoms with E-state index in [4.69, 9.17) is 23.2 Å². The maximum Gasteiger partial charge on any atom is 0.264 e. The van der Waals surface area contributed by atoms with Crippen LogP contribution in [0.1, 0.15) is 25.8 Å². The number of halogens is 2. The van der Waals surface area contributed by atoms with E-state index in [2.05, 4.69) is 5.32 Å². The fraction of sp³-hybridized carbons (Fsp3) is 0.259. The molecule has 10 heteroatoms. The summed E-state index contributed by atoms with van der Waals surface area (Å²) in [5.74, 6) is -0.893. The van der Waals surface area contributed by atoms with E-state index in [-0.39, 0.29) is 23.0 Å². The number of nitrogens with one attached hydrogen (secondary N) is 1. The third kappa shape index (κ3) is 7.47. The van der Waals surface area contributed by atoms with Crippen molar-refractivity contribution in [3.8, 4) is 0 Å². The standard InChI is InChI=1S/C27H29Cl2N3O4S/c1-3-15-30-27(34)20(2)31(18-21-9-7-10-22(28)16-21)26(33)19-32(24-12-8-11-23(29)17-24)37(35,36)25-13-5-4-6-14-25/h4-14,16-17,20H,3,15,18-19H2,1-2H3,(H,30,34)/t20-/m0/s1. The van der Waals surface area contributed by atoms with Gasteiger partial charge in [0.05, 0.1) is 10.6 Å². The molecule has 0 aromatic heterocycles. The third-order valence-electron chi connectivity index (χ3n) is 5.66. The summed E-state index contributed by atoms with van der Waals surface area (Å²) in [4.78, 5) is 28.0. The van der Waals surface area contributed by atoms with Crippen molar-refractivity contribution >= 4 is 50.7 Å². The minimum Gasteiger partial charge on any atom is -0.354 e. The summed E-state index contributed by atoms with van der Waals surface area (Å²) in [5, 5.41) is 3.61. The maximum atomic E-state index is 13.8. The number of rotatable bonds is 11. The highest BCUT2D eigenvalue weighted by molar-refractivity contribution is 7.92. The van der Waals surface area contributed by atoms with E-state index in [0.717, 1.165) is 10.7 Å². The van der Waals surface area contributed by atoms with Crippen LogP contribution < -0.4 is 9.62 Å². The molecule has 0 saturated carbocycles. The van der Waals surface area contributed by atoms with Gasteiger partial charge in [0.15, 0.2) is 0 Å². The van der Waals surface area contributed by atoms with E-state index in [1.54, 1.807) is 67.6 Å². The first-order chi connectivity index (χ1) is 17.6. The monoisotopic (exact) mass is 561 g/mol. The smallest absolute Gasteiger partial charge is 0.264 e. The van der Waals surface area contributed by atoms with Crippen molar-refractivity contribution < 1.29 is 18.0 Å². The Morgan fingerprint density at radius 2 is 1.57 bits per heavy atom. The zero-order valence-corrected chi connectivity index (χ0v) is 22.9. The first-order valence-corrected chi connectivity index (χ1v) is 14.0. The summed E-state index contributed by atoms with van der Waals surface area (Å²) < 4.78 is 28.3. The number of carbonyl (C=O) groups is 2. The Hall–Kier alpha value is -3.07. The lowest BCUT2D eigenvalue weighted by molar-refractivity contribution is -0.139. The zero-order valence-electron chi connectivity index (χ0n) is 20.6. The van der Waals surface area contributed by atoms with Gasteiger partial charge in [-0.1, -0.05) is 66.5 Å². The van der Waals surface area contributed by atoms with Crippen molar-refractivity contribution in [3.63, 3.8) is 0 Å². The average Bonchev–Trinajstić information content (AvgIpc) is 2.88. The van der Waals surface area contributed by atoms with Gasteiger partial charge in [0.25, 0.3) is 10.0 Å². The van der Waals surface area contributed by atoms with E-state index in [0.29, 0.717) is 22.2 Å². The zero-order chi connectivity index (χ0) is 27.0. The van der Waals surface area contributed by atoms with Gasteiger partial charge in [0, 0.05) is 23.1 Å². The third-order valence-corrected chi connectivity index (χ3v) is 7.92. The molecule has 3 aromatic rings. The predicted molar refractivity (Wildman–Crippen MR) is 147 cm³/mol. The van der Waals surface area contributed by atoms with Crippen LogP contribution in [0.4, 0.5) is 5.69 Å². The quantitative estimate of drug-likeness (QED) is 0.351. The minimum absolute atomic E-state index is 0.0258. The molecule has 2 amide bonds. The molecule has 7 nitrogen and oxygen atoms in total. The lowest BCUT2D eigenvalue weighted by atomic mass is 10.1. The molecule has 1 atom stereocenters. The molecule has 3 aromatic carbocycles. The van der Waals surface area contributed by atoms with Crippen molar-refractivity contribution in [2.24, 2.45) is 0 Å². The molecule has 196 valence electrons. The molecule has 0 aliphatic rings. The highest BCUT2D eigenvalue weighted by Crippen LogP contribution is 2.27. The number of carbonyl (C=O) groups excluding carboxylic acids is 2. The van der Waals surface area contributed by atoms with E-state index >= 15 is 0 Å². The average molecular weight is 563 g/mol. The van der Waals surface area contributed by atoms with Crippen LogP contribution in [0, 0.1) is 0 Å². The first-order valence-electron chi connectivity index (χ1n) is 11.8.